The number of rotatable bonds is 6. The standard InChI is InChI=1S/C18H19N3O3/c1-13-10-17(21(20-13)11-14-6-4-3-5-7-14)19-18(22)16-9-8-15(24-16)12-23-2/h3-10H,11-12H2,1-2H3,(H,19,22). The van der Waals surface area contributed by atoms with Gasteiger partial charge in [0.05, 0.1) is 12.2 Å². The molecule has 24 heavy (non-hydrogen) atoms. The first-order valence-electron chi connectivity index (χ1n) is 7.63. The Morgan fingerprint density at radius 2 is 2.04 bits per heavy atom. The largest absolute Gasteiger partial charge is 0.453 e. The Kier molecular flexibility index (Phi) is 4.77. The van der Waals surface area contributed by atoms with Gasteiger partial charge in [0.15, 0.2) is 5.76 Å². The van der Waals surface area contributed by atoms with Crippen molar-refractivity contribution in [3.8, 4) is 0 Å². The van der Waals surface area contributed by atoms with Crippen molar-refractivity contribution < 1.29 is 13.9 Å². The molecule has 0 aliphatic heterocycles. The lowest BCUT2D eigenvalue weighted by atomic mass is 10.2. The molecular weight excluding hydrogens is 306 g/mol. The molecule has 1 N–H and O–H groups in total. The second-order valence-electron chi connectivity index (χ2n) is 5.47. The maximum Gasteiger partial charge on any atom is 0.292 e. The van der Waals surface area contributed by atoms with Gasteiger partial charge in [0.25, 0.3) is 5.91 Å². The fraction of sp³-hybridized carbons (Fsp3) is 0.222. The van der Waals surface area contributed by atoms with Crippen molar-refractivity contribution in [3.63, 3.8) is 0 Å². The number of carbonyl (C=O) groups is 1. The summed E-state index contributed by atoms with van der Waals surface area (Å²) in [6.07, 6.45) is 0. The molecule has 0 saturated heterocycles. The summed E-state index contributed by atoms with van der Waals surface area (Å²) in [7, 11) is 1.58. The Hall–Kier alpha value is -2.86. The quantitative estimate of drug-likeness (QED) is 0.755. The second kappa shape index (κ2) is 7.14. The van der Waals surface area contributed by atoms with Crippen LogP contribution in [0, 0.1) is 6.92 Å². The minimum absolute atomic E-state index is 0.243. The number of benzene rings is 1. The molecule has 1 aromatic carbocycles. The van der Waals surface area contributed by atoms with Crippen molar-refractivity contribution in [2.45, 2.75) is 20.1 Å². The van der Waals surface area contributed by atoms with Gasteiger partial charge in [-0.3, -0.25) is 4.79 Å². The number of hydrogen-bond donors (Lipinski definition) is 1. The number of carbonyl (C=O) groups excluding carboxylic acids is 1. The normalized spacial score (nSPS) is 10.8. The monoisotopic (exact) mass is 325 g/mol. The van der Waals surface area contributed by atoms with Gasteiger partial charge in [-0.15, -0.1) is 0 Å². The first kappa shape index (κ1) is 16.0. The van der Waals surface area contributed by atoms with Crippen molar-refractivity contribution in [1.82, 2.24) is 9.78 Å². The number of methoxy groups -OCH3 is 1. The molecule has 0 aliphatic carbocycles. The zero-order valence-electron chi connectivity index (χ0n) is 13.7. The number of amides is 1. The highest BCUT2D eigenvalue weighted by Crippen LogP contribution is 2.16. The summed E-state index contributed by atoms with van der Waals surface area (Å²) in [5.74, 6) is 1.17. The topological polar surface area (TPSA) is 69.3 Å². The molecule has 0 aliphatic rings. The van der Waals surface area contributed by atoms with Gasteiger partial charge < -0.3 is 14.5 Å². The van der Waals surface area contributed by atoms with Crippen molar-refractivity contribution in [1.29, 1.82) is 0 Å². The molecule has 0 spiro atoms. The number of nitrogens with one attached hydrogen (secondary N) is 1. The van der Waals surface area contributed by atoms with E-state index in [1.807, 2.05) is 43.3 Å². The summed E-state index contributed by atoms with van der Waals surface area (Å²) in [5, 5.41) is 7.29. The van der Waals surface area contributed by atoms with Crippen molar-refractivity contribution in [2.24, 2.45) is 0 Å². The predicted molar refractivity (Wildman–Crippen MR) is 89.9 cm³/mol. The highest BCUT2D eigenvalue weighted by Gasteiger charge is 2.15. The smallest absolute Gasteiger partial charge is 0.292 e. The number of ether oxygens (including phenoxy) is 1. The van der Waals surface area contributed by atoms with Crippen LogP contribution in [-0.2, 0) is 17.9 Å². The molecule has 0 unspecified atom stereocenters. The van der Waals surface area contributed by atoms with Crippen LogP contribution in [0.2, 0.25) is 0 Å². The number of hydrogen-bond acceptors (Lipinski definition) is 4. The first-order valence-corrected chi connectivity index (χ1v) is 7.63. The van der Waals surface area contributed by atoms with Gasteiger partial charge in [-0.25, -0.2) is 4.68 Å². The van der Waals surface area contributed by atoms with E-state index in [4.69, 9.17) is 9.15 Å². The third-order valence-corrected chi connectivity index (χ3v) is 3.49. The second-order valence-corrected chi connectivity index (χ2v) is 5.47. The summed E-state index contributed by atoms with van der Waals surface area (Å²) in [6.45, 7) is 2.80. The predicted octanol–water partition coefficient (Wildman–Crippen LogP) is 3.23. The van der Waals surface area contributed by atoms with E-state index < -0.39 is 0 Å². The molecule has 124 valence electrons. The highest BCUT2D eigenvalue weighted by atomic mass is 16.5. The minimum atomic E-state index is -0.313. The Morgan fingerprint density at radius 3 is 2.79 bits per heavy atom. The third kappa shape index (κ3) is 3.72. The molecule has 3 aromatic rings. The Balaban J connectivity index is 1.75. The Labute approximate surface area is 140 Å². The molecule has 0 saturated carbocycles. The van der Waals surface area contributed by atoms with Crippen LogP contribution in [0.15, 0.2) is 52.9 Å². The lowest BCUT2D eigenvalue weighted by molar-refractivity contribution is 0.0986. The molecule has 6 heteroatoms. The van der Waals surface area contributed by atoms with Crippen molar-refractivity contribution >= 4 is 11.7 Å². The van der Waals surface area contributed by atoms with E-state index in [-0.39, 0.29) is 11.7 Å². The van der Waals surface area contributed by atoms with Crippen LogP contribution in [0.5, 0.6) is 0 Å². The van der Waals surface area contributed by atoms with Crippen LogP contribution in [0.4, 0.5) is 5.82 Å². The van der Waals surface area contributed by atoms with E-state index in [0.29, 0.717) is 24.7 Å². The van der Waals surface area contributed by atoms with Gasteiger partial charge in [-0.05, 0) is 24.6 Å². The van der Waals surface area contributed by atoms with Crippen LogP contribution in [0.1, 0.15) is 27.6 Å². The van der Waals surface area contributed by atoms with Gasteiger partial charge in [0, 0.05) is 13.2 Å². The summed E-state index contributed by atoms with van der Waals surface area (Å²) < 4.78 is 12.2. The van der Waals surface area contributed by atoms with Crippen LogP contribution in [0.3, 0.4) is 0 Å². The number of anilines is 1. The lowest BCUT2D eigenvalue weighted by Gasteiger charge is -2.08. The molecule has 0 bridgehead atoms. The van der Waals surface area contributed by atoms with E-state index in [2.05, 4.69) is 10.4 Å². The van der Waals surface area contributed by atoms with E-state index in [9.17, 15) is 4.79 Å². The van der Waals surface area contributed by atoms with Crippen LogP contribution in [-0.4, -0.2) is 22.8 Å². The number of aromatic nitrogens is 2. The molecule has 3 rings (SSSR count). The van der Waals surface area contributed by atoms with E-state index in [1.54, 1.807) is 23.9 Å². The van der Waals surface area contributed by atoms with Gasteiger partial charge in [-0.2, -0.15) is 5.10 Å². The fourth-order valence-corrected chi connectivity index (χ4v) is 2.42. The summed E-state index contributed by atoms with van der Waals surface area (Å²) >= 11 is 0. The first-order chi connectivity index (χ1) is 11.7. The zero-order chi connectivity index (χ0) is 16.9. The lowest BCUT2D eigenvalue weighted by Crippen LogP contribution is -2.15. The molecule has 6 nitrogen and oxygen atoms in total. The maximum atomic E-state index is 12.4. The third-order valence-electron chi connectivity index (χ3n) is 3.49. The molecule has 2 aromatic heterocycles. The molecule has 1 amide bonds. The number of nitrogens with zero attached hydrogens (tertiary/aromatic N) is 2. The van der Waals surface area contributed by atoms with Crippen molar-refractivity contribution in [3.05, 3.63) is 71.3 Å². The summed E-state index contributed by atoms with van der Waals surface area (Å²) in [5.41, 5.74) is 1.94. The maximum absolute atomic E-state index is 12.4. The average molecular weight is 325 g/mol. The molecule has 0 atom stereocenters. The Morgan fingerprint density at radius 1 is 1.25 bits per heavy atom. The van der Waals surface area contributed by atoms with Gasteiger partial charge >= 0.3 is 0 Å². The number of furan rings is 1. The molecule has 0 radical (unpaired) electrons. The van der Waals surface area contributed by atoms with E-state index >= 15 is 0 Å². The van der Waals surface area contributed by atoms with Crippen LogP contribution >= 0.6 is 0 Å². The summed E-state index contributed by atoms with van der Waals surface area (Å²) in [4.78, 5) is 12.4. The fourth-order valence-electron chi connectivity index (χ4n) is 2.42. The zero-order valence-corrected chi connectivity index (χ0v) is 13.7. The van der Waals surface area contributed by atoms with E-state index in [1.165, 1.54) is 0 Å². The molecule has 2 heterocycles. The minimum Gasteiger partial charge on any atom is -0.453 e. The van der Waals surface area contributed by atoms with Crippen LogP contribution in [0.25, 0.3) is 0 Å². The SMILES string of the molecule is COCc1ccc(C(=O)Nc2cc(C)nn2Cc2ccccc2)o1. The Bertz CT molecular complexity index is 821. The average Bonchev–Trinajstić information content (AvgIpc) is 3.16. The van der Waals surface area contributed by atoms with Crippen molar-refractivity contribution in [2.75, 3.05) is 12.4 Å². The highest BCUT2D eigenvalue weighted by molar-refractivity contribution is 6.01. The van der Waals surface area contributed by atoms with Gasteiger partial charge in [-0.1, -0.05) is 30.3 Å². The van der Waals surface area contributed by atoms with Gasteiger partial charge in [0.2, 0.25) is 0 Å². The van der Waals surface area contributed by atoms with E-state index in [0.717, 1.165) is 11.3 Å². The van der Waals surface area contributed by atoms with Gasteiger partial charge in [0.1, 0.15) is 18.2 Å². The molecule has 0 fully saturated rings. The summed E-state index contributed by atoms with van der Waals surface area (Å²) in [6, 6.07) is 15.2. The van der Waals surface area contributed by atoms with Crippen LogP contribution < -0.4 is 5.32 Å². The number of aryl methyl sites for hydroxylation is 1. The molecular formula is C18H19N3O3.